The SMILES string of the molecule is Cc1nc2sc3c(c2c(-c2ccn4ccnc4c2)c1[C@H](OC(C)(C)C)C(=O)O)CCCC3. The fourth-order valence-electron chi connectivity index (χ4n) is 4.69. The van der Waals surface area contributed by atoms with Crippen LogP contribution < -0.4 is 0 Å². The summed E-state index contributed by atoms with van der Waals surface area (Å²) in [6.07, 6.45) is 8.92. The fraction of sp³-hybridized carbons (Fsp3) is 0.400. The van der Waals surface area contributed by atoms with Crippen molar-refractivity contribution in [2.24, 2.45) is 0 Å². The van der Waals surface area contributed by atoms with Crippen molar-refractivity contribution < 1.29 is 14.6 Å². The molecule has 5 rings (SSSR count). The third-order valence-corrected chi connectivity index (χ3v) is 7.16. The first-order chi connectivity index (χ1) is 15.2. The molecule has 1 N–H and O–H groups in total. The van der Waals surface area contributed by atoms with Crippen molar-refractivity contribution in [2.45, 2.75) is 65.1 Å². The predicted molar refractivity (Wildman–Crippen MR) is 126 cm³/mol. The molecule has 32 heavy (non-hydrogen) atoms. The van der Waals surface area contributed by atoms with Crippen molar-refractivity contribution in [3.63, 3.8) is 0 Å². The van der Waals surface area contributed by atoms with E-state index in [1.165, 1.54) is 16.9 Å². The number of imidazole rings is 1. The molecule has 166 valence electrons. The molecule has 0 radical (unpaired) electrons. The molecule has 0 spiro atoms. The number of hydrogen-bond acceptors (Lipinski definition) is 5. The quantitative estimate of drug-likeness (QED) is 0.430. The van der Waals surface area contributed by atoms with Crippen LogP contribution >= 0.6 is 11.3 Å². The molecule has 0 saturated carbocycles. The van der Waals surface area contributed by atoms with Crippen molar-refractivity contribution in [2.75, 3.05) is 0 Å². The number of thiophene rings is 1. The summed E-state index contributed by atoms with van der Waals surface area (Å²) in [5, 5.41) is 11.3. The minimum Gasteiger partial charge on any atom is -0.479 e. The number of rotatable bonds is 4. The van der Waals surface area contributed by atoms with Crippen LogP contribution in [0.4, 0.5) is 0 Å². The molecule has 6 nitrogen and oxygen atoms in total. The third-order valence-electron chi connectivity index (χ3n) is 5.98. The molecule has 4 heterocycles. The van der Waals surface area contributed by atoms with Crippen LogP contribution in [-0.4, -0.2) is 31.0 Å². The lowest BCUT2D eigenvalue weighted by molar-refractivity contribution is -0.160. The summed E-state index contributed by atoms with van der Waals surface area (Å²) in [5.74, 6) is -1.00. The van der Waals surface area contributed by atoms with E-state index in [0.717, 1.165) is 46.3 Å². The van der Waals surface area contributed by atoms with E-state index >= 15 is 0 Å². The van der Waals surface area contributed by atoms with Gasteiger partial charge in [0.2, 0.25) is 0 Å². The number of carboxylic acid groups (broad SMARTS) is 1. The summed E-state index contributed by atoms with van der Waals surface area (Å²) in [6.45, 7) is 7.54. The van der Waals surface area contributed by atoms with Gasteiger partial charge in [-0.2, -0.15) is 0 Å². The summed E-state index contributed by atoms with van der Waals surface area (Å²) in [5.41, 5.74) is 4.74. The molecule has 0 aliphatic heterocycles. The molecule has 1 aliphatic carbocycles. The number of aliphatic carboxylic acids is 1. The van der Waals surface area contributed by atoms with Crippen LogP contribution in [0.5, 0.6) is 0 Å². The lowest BCUT2D eigenvalue weighted by atomic mass is 9.88. The Labute approximate surface area is 190 Å². The highest BCUT2D eigenvalue weighted by atomic mass is 32.1. The lowest BCUT2D eigenvalue weighted by Gasteiger charge is -2.28. The van der Waals surface area contributed by atoms with Crippen molar-refractivity contribution in [3.05, 3.63) is 52.4 Å². The Bertz CT molecular complexity index is 1350. The zero-order chi connectivity index (χ0) is 22.6. The normalized spacial score (nSPS) is 15.2. The maximum atomic E-state index is 12.5. The molecule has 4 aromatic heterocycles. The maximum absolute atomic E-state index is 12.5. The minimum atomic E-state index is -1.11. The predicted octanol–water partition coefficient (Wildman–Crippen LogP) is 5.74. The van der Waals surface area contributed by atoms with E-state index in [1.54, 1.807) is 17.5 Å². The average Bonchev–Trinajstić information content (AvgIpc) is 3.33. The Kier molecular flexibility index (Phi) is 5.06. The standard InChI is InChI=1S/C25H27N3O3S/c1-14-19(22(24(29)30)31-25(2,3)4)20(15-9-11-28-12-10-26-18(28)13-15)21-16-7-5-6-8-17(16)32-23(21)27-14/h9-13,22H,5-8H2,1-4H3,(H,29,30)/t22-/m0/s1. The van der Waals surface area contributed by atoms with Gasteiger partial charge in [0.05, 0.1) is 5.60 Å². The van der Waals surface area contributed by atoms with Gasteiger partial charge in [-0.25, -0.2) is 14.8 Å². The molecule has 0 aromatic carbocycles. The van der Waals surface area contributed by atoms with Gasteiger partial charge < -0.3 is 14.2 Å². The van der Waals surface area contributed by atoms with E-state index in [2.05, 4.69) is 4.98 Å². The van der Waals surface area contributed by atoms with Gasteiger partial charge in [-0.1, -0.05) is 0 Å². The second kappa shape index (κ2) is 7.67. The molecule has 0 fully saturated rings. The van der Waals surface area contributed by atoms with Crippen LogP contribution in [0, 0.1) is 6.92 Å². The van der Waals surface area contributed by atoms with Crippen LogP contribution in [0.25, 0.3) is 27.0 Å². The zero-order valence-electron chi connectivity index (χ0n) is 18.8. The van der Waals surface area contributed by atoms with Gasteiger partial charge in [-0.05, 0) is 76.6 Å². The van der Waals surface area contributed by atoms with Crippen molar-refractivity contribution >= 4 is 33.2 Å². The topological polar surface area (TPSA) is 76.7 Å². The molecule has 4 aromatic rings. The van der Waals surface area contributed by atoms with Crippen molar-refractivity contribution in [1.29, 1.82) is 0 Å². The number of carboxylic acids is 1. The van der Waals surface area contributed by atoms with Gasteiger partial charge in [0.1, 0.15) is 10.5 Å². The third kappa shape index (κ3) is 3.59. The number of ether oxygens (including phenoxy) is 1. The van der Waals surface area contributed by atoms with Crippen molar-refractivity contribution in [1.82, 2.24) is 14.4 Å². The van der Waals surface area contributed by atoms with Crippen LogP contribution in [0.2, 0.25) is 0 Å². The molecule has 0 amide bonds. The first kappa shape index (κ1) is 21.1. The smallest absolute Gasteiger partial charge is 0.337 e. The number of carbonyl (C=O) groups is 1. The Morgan fingerprint density at radius 2 is 2.03 bits per heavy atom. The summed E-state index contributed by atoms with van der Waals surface area (Å²) in [7, 11) is 0. The van der Waals surface area contributed by atoms with E-state index in [9.17, 15) is 9.90 Å². The van der Waals surface area contributed by atoms with Crippen LogP contribution in [0.15, 0.2) is 30.7 Å². The Morgan fingerprint density at radius 3 is 2.78 bits per heavy atom. The van der Waals surface area contributed by atoms with Crippen LogP contribution in [-0.2, 0) is 22.4 Å². The fourth-order valence-corrected chi connectivity index (χ4v) is 6.01. The molecular weight excluding hydrogens is 422 g/mol. The van der Waals surface area contributed by atoms with E-state index < -0.39 is 17.7 Å². The summed E-state index contributed by atoms with van der Waals surface area (Å²) >= 11 is 1.75. The zero-order valence-corrected chi connectivity index (χ0v) is 19.6. The molecule has 0 unspecified atom stereocenters. The highest BCUT2D eigenvalue weighted by molar-refractivity contribution is 7.19. The number of aromatic nitrogens is 3. The lowest BCUT2D eigenvalue weighted by Crippen LogP contribution is -2.28. The molecule has 1 aliphatic rings. The van der Waals surface area contributed by atoms with Gasteiger partial charge in [-0.3, -0.25) is 0 Å². The number of pyridine rings is 2. The maximum Gasteiger partial charge on any atom is 0.337 e. The van der Waals surface area contributed by atoms with Gasteiger partial charge in [-0.15, -0.1) is 11.3 Å². The Morgan fingerprint density at radius 1 is 1.25 bits per heavy atom. The van der Waals surface area contributed by atoms with Gasteiger partial charge in [0.15, 0.2) is 6.10 Å². The van der Waals surface area contributed by atoms with E-state index in [0.29, 0.717) is 11.3 Å². The Balaban J connectivity index is 1.87. The number of nitrogens with zero attached hydrogens (tertiary/aromatic N) is 3. The van der Waals surface area contributed by atoms with E-state index in [4.69, 9.17) is 9.72 Å². The summed E-state index contributed by atoms with van der Waals surface area (Å²) in [4.78, 5) is 24.2. The van der Waals surface area contributed by atoms with E-state index in [1.807, 2.05) is 56.6 Å². The largest absolute Gasteiger partial charge is 0.479 e. The first-order valence-electron chi connectivity index (χ1n) is 11.0. The van der Waals surface area contributed by atoms with Crippen LogP contribution in [0.3, 0.4) is 0 Å². The average molecular weight is 450 g/mol. The van der Waals surface area contributed by atoms with Gasteiger partial charge in [0.25, 0.3) is 0 Å². The van der Waals surface area contributed by atoms with Crippen molar-refractivity contribution in [3.8, 4) is 11.1 Å². The van der Waals surface area contributed by atoms with Crippen LogP contribution in [0.1, 0.15) is 61.4 Å². The molecule has 7 heteroatoms. The molecule has 0 bridgehead atoms. The monoisotopic (exact) mass is 449 g/mol. The molecular formula is C25H27N3O3S. The first-order valence-corrected chi connectivity index (χ1v) is 11.8. The molecule has 1 atom stereocenters. The van der Waals surface area contributed by atoms with Gasteiger partial charge >= 0.3 is 5.97 Å². The molecule has 0 saturated heterocycles. The van der Waals surface area contributed by atoms with Gasteiger partial charge in [0, 0.05) is 45.7 Å². The second-order valence-corrected chi connectivity index (χ2v) is 10.5. The van der Waals surface area contributed by atoms with E-state index in [-0.39, 0.29) is 0 Å². The highest BCUT2D eigenvalue weighted by Gasteiger charge is 2.34. The minimum absolute atomic E-state index is 0.622. The highest BCUT2D eigenvalue weighted by Crippen LogP contribution is 2.45. The number of fused-ring (bicyclic) bond motifs is 4. The number of aryl methyl sites for hydroxylation is 3. The Hall–Kier alpha value is -2.77. The summed E-state index contributed by atoms with van der Waals surface area (Å²) < 4.78 is 8.07. The summed E-state index contributed by atoms with van der Waals surface area (Å²) in [6, 6.07) is 4.07. The second-order valence-electron chi connectivity index (χ2n) is 9.43. The number of hydrogen-bond donors (Lipinski definition) is 1.